The number of anilines is 1. The summed E-state index contributed by atoms with van der Waals surface area (Å²) >= 11 is 0. The Hall–Kier alpha value is -2.48. The molecule has 5 N–H and O–H groups in total. The van der Waals surface area contributed by atoms with Crippen LogP contribution >= 0.6 is 10.6 Å². The number of amides is 1. The number of nitrogens with zero attached hydrogens (tertiary/aromatic N) is 1. The van der Waals surface area contributed by atoms with Crippen molar-refractivity contribution in [3.63, 3.8) is 0 Å². The average Bonchev–Trinajstić information content (AvgIpc) is 3.11. The maximum absolute atomic E-state index is 12.2. The van der Waals surface area contributed by atoms with E-state index in [-0.39, 0.29) is 5.92 Å². The molecule has 4 rings (SSSR count). The van der Waals surface area contributed by atoms with Gasteiger partial charge in [0.1, 0.15) is 0 Å². The summed E-state index contributed by atoms with van der Waals surface area (Å²) in [4.78, 5) is 17.5. The number of aromatic amines is 1. The molecule has 1 amide bonds. The van der Waals surface area contributed by atoms with Gasteiger partial charge in [-0.15, -0.1) is 0 Å². The fourth-order valence-electron chi connectivity index (χ4n) is 4.13. The second kappa shape index (κ2) is 7.40. The fourth-order valence-corrected chi connectivity index (χ4v) is 5.66. The van der Waals surface area contributed by atoms with Crippen molar-refractivity contribution in [2.75, 3.05) is 30.5 Å². The van der Waals surface area contributed by atoms with E-state index in [1.165, 1.54) is 0 Å². The number of fused-ring (bicyclic) bond motifs is 1. The highest BCUT2D eigenvalue weighted by molar-refractivity contribution is 8.24. The summed E-state index contributed by atoms with van der Waals surface area (Å²) in [5.74, 6) is 0.620. The second-order valence-electron chi connectivity index (χ2n) is 7.98. The molecule has 1 aromatic heterocycles. The lowest BCUT2D eigenvalue weighted by Crippen LogP contribution is -2.19. The van der Waals surface area contributed by atoms with E-state index in [1.807, 2.05) is 49.5 Å². The standard InChI is InChI=1S/C22H27N3O3S/c1-25(2)17-5-3-4-15(10-17)16-11-18-20(14-6-8-29(27,28)9-7-14)13-24-21(18)19(12-16)22(23)26/h3-5,10-14,24,27-28H,6-9H2,1-2H3,(H2,23,26). The Morgan fingerprint density at radius 3 is 2.52 bits per heavy atom. The molecule has 3 aromatic rings. The number of benzene rings is 2. The Bertz CT molecular complexity index is 1060. The molecule has 1 fully saturated rings. The molecule has 7 heteroatoms. The SMILES string of the molecule is CN(C)c1cccc(-c2cc(C(N)=O)c3[nH]cc(C4CCS(O)(O)CC4)c3c2)c1. The summed E-state index contributed by atoms with van der Waals surface area (Å²) in [7, 11) is 1.56. The molecule has 1 saturated heterocycles. The summed E-state index contributed by atoms with van der Waals surface area (Å²) in [5, 5.41) is 0.981. The van der Waals surface area contributed by atoms with E-state index < -0.39 is 16.5 Å². The molecule has 0 bridgehead atoms. The normalized spacial score (nSPS) is 17.9. The van der Waals surface area contributed by atoms with E-state index in [1.54, 1.807) is 0 Å². The van der Waals surface area contributed by atoms with Gasteiger partial charge in [0.05, 0.1) is 11.1 Å². The lowest BCUT2D eigenvalue weighted by atomic mass is 9.91. The van der Waals surface area contributed by atoms with Crippen LogP contribution in [-0.2, 0) is 0 Å². The van der Waals surface area contributed by atoms with Crippen LogP contribution in [0.25, 0.3) is 22.0 Å². The lowest BCUT2D eigenvalue weighted by Gasteiger charge is -2.39. The summed E-state index contributed by atoms with van der Waals surface area (Å²) in [5.41, 5.74) is 11.1. The molecule has 1 aliphatic rings. The van der Waals surface area contributed by atoms with Crippen LogP contribution in [0, 0.1) is 0 Å². The summed E-state index contributed by atoms with van der Waals surface area (Å²) in [6, 6.07) is 12.1. The van der Waals surface area contributed by atoms with Gasteiger partial charge in [-0.2, -0.15) is 10.6 Å². The van der Waals surface area contributed by atoms with Gasteiger partial charge < -0.3 is 15.6 Å². The van der Waals surface area contributed by atoms with Crippen molar-refractivity contribution in [3.8, 4) is 11.1 Å². The minimum atomic E-state index is -2.43. The largest absolute Gasteiger partial charge is 0.378 e. The molecule has 0 atom stereocenters. The molecule has 0 aliphatic carbocycles. The van der Waals surface area contributed by atoms with Crippen molar-refractivity contribution >= 4 is 33.1 Å². The van der Waals surface area contributed by atoms with Crippen LogP contribution in [0.2, 0.25) is 0 Å². The van der Waals surface area contributed by atoms with E-state index in [2.05, 4.69) is 17.1 Å². The van der Waals surface area contributed by atoms with E-state index >= 15 is 0 Å². The van der Waals surface area contributed by atoms with E-state index in [0.717, 1.165) is 46.1 Å². The average molecular weight is 414 g/mol. The number of aromatic nitrogens is 1. The van der Waals surface area contributed by atoms with Crippen molar-refractivity contribution < 1.29 is 13.9 Å². The Morgan fingerprint density at radius 2 is 1.86 bits per heavy atom. The molecule has 0 unspecified atom stereocenters. The Balaban J connectivity index is 1.83. The van der Waals surface area contributed by atoms with E-state index in [0.29, 0.717) is 17.1 Å². The number of carbonyl (C=O) groups excluding carboxylic acids is 1. The first kappa shape index (κ1) is 19.8. The molecule has 29 heavy (non-hydrogen) atoms. The number of carbonyl (C=O) groups is 1. The lowest BCUT2D eigenvalue weighted by molar-refractivity contribution is 0.100. The van der Waals surface area contributed by atoms with Gasteiger partial charge in [0.2, 0.25) is 0 Å². The molecule has 0 saturated carbocycles. The third kappa shape index (κ3) is 3.85. The first-order valence-corrected chi connectivity index (χ1v) is 11.6. The van der Waals surface area contributed by atoms with Crippen molar-refractivity contribution in [2.24, 2.45) is 5.73 Å². The van der Waals surface area contributed by atoms with Gasteiger partial charge in [0, 0.05) is 42.9 Å². The number of hydrogen-bond acceptors (Lipinski definition) is 4. The zero-order valence-corrected chi connectivity index (χ0v) is 17.5. The molecular weight excluding hydrogens is 386 g/mol. The smallest absolute Gasteiger partial charge is 0.250 e. The van der Waals surface area contributed by atoms with Gasteiger partial charge >= 0.3 is 0 Å². The number of H-pyrrole nitrogens is 1. The molecule has 2 aromatic carbocycles. The number of hydrogen-bond donors (Lipinski definition) is 4. The van der Waals surface area contributed by atoms with Crippen LogP contribution in [0.1, 0.15) is 34.7 Å². The molecule has 6 nitrogen and oxygen atoms in total. The van der Waals surface area contributed by atoms with Crippen LogP contribution in [0.5, 0.6) is 0 Å². The van der Waals surface area contributed by atoms with Crippen LogP contribution < -0.4 is 10.6 Å². The van der Waals surface area contributed by atoms with Crippen molar-refractivity contribution in [3.05, 3.63) is 53.7 Å². The van der Waals surface area contributed by atoms with Crippen molar-refractivity contribution in [1.82, 2.24) is 4.98 Å². The highest BCUT2D eigenvalue weighted by atomic mass is 32.3. The zero-order chi connectivity index (χ0) is 20.8. The predicted molar refractivity (Wildman–Crippen MR) is 121 cm³/mol. The fraction of sp³-hybridized carbons (Fsp3) is 0.318. The van der Waals surface area contributed by atoms with E-state index in [4.69, 9.17) is 5.73 Å². The Labute approximate surface area is 172 Å². The molecule has 0 radical (unpaired) electrons. The first-order valence-electron chi connectivity index (χ1n) is 9.71. The van der Waals surface area contributed by atoms with Gasteiger partial charge in [-0.3, -0.25) is 13.9 Å². The van der Waals surface area contributed by atoms with E-state index in [9.17, 15) is 13.9 Å². The summed E-state index contributed by atoms with van der Waals surface area (Å²) in [6.45, 7) is 0. The topological polar surface area (TPSA) is 103 Å². The van der Waals surface area contributed by atoms with Crippen LogP contribution in [0.15, 0.2) is 42.6 Å². The number of primary amides is 1. The third-order valence-corrected chi connectivity index (χ3v) is 7.59. The second-order valence-corrected chi connectivity index (χ2v) is 10.4. The molecular formula is C22H27N3O3S. The van der Waals surface area contributed by atoms with Gasteiger partial charge in [0.25, 0.3) is 5.91 Å². The van der Waals surface area contributed by atoms with Gasteiger partial charge in [-0.05, 0) is 59.7 Å². The minimum absolute atomic E-state index is 0.229. The summed E-state index contributed by atoms with van der Waals surface area (Å²) < 4.78 is 19.9. The highest BCUT2D eigenvalue weighted by Crippen LogP contribution is 2.49. The molecule has 2 heterocycles. The number of rotatable bonds is 4. The van der Waals surface area contributed by atoms with Gasteiger partial charge in [0.15, 0.2) is 0 Å². The molecule has 0 spiro atoms. The van der Waals surface area contributed by atoms with Gasteiger partial charge in [-0.25, -0.2) is 0 Å². The maximum atomic E-state index is 12.2. The quantitative estimate of drug-likeness (QED) is 0.501. The summed E-state index contributed by atoms with van der Waals surface area (Å²) in [6.07, 6.45) is 3.39. The first-order chi connectivity index (χ1) is 13.7. The molecule has 154 valence electrons. The predicted octanol–water partition coefficient (Wildman–Crippen LogP) is 4.63. The Morgan fingerprint density at radius 1 is 1.14 bits per heavy atom. The molecule has 1 aliphatic heterocycles. The Kier molecular flexibility index (Phi) is 5.06. The van der Waals surface area contributed by atoms with Crippen LogP contribution in [0.4, 0.5) is 5.69 Å². The zero-order valence-electron chi connectivity index (χ0n) is 16.7. The monoisotopic (exact) mass is 413 g/mol. The van der Waals surface area contributed by atoms with Crippen LogP contribution in [0.3, 0.4) is 0 Å². The number of nitrogens with one attached hydrogen (secondary N) is 1. The van der Waals surface area contributed by atoms with Crippen LogP contribution in [-0.4, -0.2) is 45.6 Å². The van der Waals surface area contributed by atoms with Crippen molar-refractivity contribution in [1.29, 1.82) is 0 Å². The third-order valence-electron chi connectivity index (χ3n) is 5.81. The highest BCUT2D eigenvalue weighted by Gasteiger charge is 2.27. The van der Waals surface area contributed by atoms with Gasteiger partial charge in [-0.1, -0.05) is 12.1 Å². The minimum Gasteiger partial charge on any atom is -0.378 e. The maximum Gasteiger partial charge on any atom is 0.250 e. The van der Waals surface area contributed by atoms with Crippen molar-refractivity contribution in [2.45, 2.75) is 18.8 Å². The number of nitrogens with two attached hydrogens (primary N) is 1.